The highest BCUT2D eigenvalue weighted by atomic mass is 16.7. The number of hydrogen-bond donors (Lipinski definition) is 0. The molecule has 0 saturated carbocycles. The van der Waals surface area contributed by atoms with Crippen LogP contribution in [0, 0.1) is 0 Å². The van der Waals surface area contributed by atoms with Crippen LogP contribution in [0.1, 0.15) is 73.1 Å². The number of piperidine rings is 1. The van der Waals surface area contributed by atoms with Gasteiger partial charge in [-0.1, -0.05) is 32.3 Å². The molecule has 2 saturated heterocycles. The van der Waals surface area contributed by atoms with Crippen LogP contribution in [0.3, 0.4) is 0 Å². The summed E-state index contributed by atoms with van der Waals surface area (Å²) in [4.78, 5) is 0. The molecule has 2 heterocycles. The second-order valence-electron chi connectivity index (χ2n) is 7.18. The molecule has 118 valence electrons. The van der Waals surface area contributed by atoms with Gasteiger partial charge >= 0.3 is 0 Å². The van der Waals surface area contributed by atoms with Gasteiger partial charge in [-0.05, 0) is 33.1 Å². The van der Waals surface area contributed by atoms with E-state index < -0.39 is 5.79 Å². The van der Waals surface area contributed by atoms with Crippen molar-refractivity contribution in [1.29, 1.82) is 0 Å². The molecule has 0 amide bonds. The highest BCUT2D eigenvalue weighted by Crippen LogP contribution is 2.50. The highest BCUT2D eigenvalue weighted by Gasteiger charge is 2.61. The van der Waals surface area contributed by atoms with Gasteiger partial charge in [0.1, 0.15) is 0 Å². The normalized spacial score (nSPS) is 36.6. The van der Waals surface area contributed by atoms with Gasteiger partial charge in [-0.15, -0.1) is 0 Å². The lowest BCUT2D eigenvalue weighted by atomic mass is 9.73. The number of hydrogen-bond acceptors (Lipinski definition) is 3. The lowest BCUT2D eigenvalue weighted by Gasteiger charge is -2.53. The molecule has 2 aliphatic heterocycles. The van der Waals surface area contributed by atoms with Crippen LogP contribution in [-0.4, -0.2) is 39.8 Å². The Morgan fingerprint density at radius 1 is 1.15 bits per heavy atom. The fraction of sp³-hybridized carbons (Fsp3) is 1.00. The summed E-state index contributed by atoms with van der Waals surface area (Å²) in [5.41, 5.74) is -0.353. The zero-order valence-electron chi connectivity index (χ0n) is 13.8. The van der Waals surface area contributed by atoms with Crippen LogP contribution < -0.4 is 0 Å². The van der Waals surface area contributed by atoms with Gasteiger partial charge in [-0.2, -0.15) is 0 Å². The Bertz CT molecular complexity index is 341. The first kappa shape index (κ1) is 16.2. The summed E-state index contributed by atoms with van der Waals surface area (Å²) in [6, 6.07) is 0. The number of nitrogens with zero attached hydrogens (tertiary/aromatic N) is 1. The quantitative estimate of drug-likeness (QED) is 0.746. The Balaban J connectivity index is 2.24. The van der Waals surface area contributed by atoms with Crippen LogP contribution in [-0.2, 0) is 9.47 Å². The van der Waals surface area contributed by atoms with Crippen LogP contribution in [0.25, 0.3) is 0 Å². The number of ether oxygens (including phenoxy) is 2. The largest absolute Gasteiger partial charge is 0.347 e. The second kappa shape index (κ2) is 5.56. The minimum Gasteiger partial charge on any atom is -0.347 e. The van der Waals surface area contributed by atoms with E-state index in [4.69, 9.17) is 14.7 Å². The Morgan fingerprint density at radius 3 is 2.35 bits per heavy atom. The molecule has 2 atom stereocenters. The Labute approximate surface area is 123 Å². The molecule has 4 heteroatoms. The second-order valence-corrected chi connectivity index (χ2v) is 7.18. The molecule has 2 N–H and O–H groups in total. The average molecular weight is 286 g/mol. The van der Waals surface area contributed by atoms with Crippen molar-refractivity contribution in [2.75, 3.05) is 6.61 Å². The van der Waals surface area contributed by atoms with E-state index in [0.29, 0.717) is 6.61 Å². The molecule has 0 aromatic carbocycles. The van der Waals surface area contributed by atoms with Crippen molar-refractivity contribution in [3.8, 4) is 0 Å². The van der Waals surface area contributed by atoms with E-state index in [2.05, 4.69) is 34.6 Å². The third-order valence-electron chi connectivity index (χ3n) is 5.22. The van der Waals surface area contributed by atoms with Gasteiger partial charge in [0.25, 0.3) is 0 Å². The maximum Gasteiger partial charge on any atom is 0.172 e. The van der Waals surface area contributed by atoms with Gasteiger partial charge in [0.05, 0.1) is 23.8 Å². The minimum absolute atomic E-state index is 0.136. The molecule has 0 bridgehead atoms. The summed E-state index contributed by atoms with van der Waals surface area (Å²) in [7, 11) is 0. The molecule has 0 aliphatic carbocycles. The van der Waals surface area contributed by atoms with E-state index in [0.717, 1.165) is 38.5 Å². The van der Waals surface area contributed by atoms with E-state index in [9.17, 15) is 0 Å². The van der Waals surface area contributed by atoms with Crippen LogP contribution >= 0.6 is 0 Å². The van der Waals surface area contributed by atoms with Crippen molar-refractivity contribution in [2.24, 2.45) is 0 Å². The van der Waals surface area contributed by atoms with Crippen molar-refractivity contribution < 1.29 is 14.7 Å². The zero-order chi connectivity index (χ0) is 15.0. The zero-order valence-corrected chi connectivity index (χ0v) is 13.8. The molecule has 1 spiro atoms. The summed E-state index contributed by atoms with van der Waals surface area (Å²) in [6.45, 7) is 11.5. The Morgan fingerprint density at radius 2 is 1.80 bits per heavy atom. The number of hydroxylamine groups is 2. The van der Waals surface area contributed by atoms with Crippen LogP contribution in [0.15, 0.2) is 0 Å². The monoisotopic (exact) mass is 286 g/mol. The molecule has 20 heavy (non-hydrogen) atoms. The van der Waals surface area contributed by atoms with E-state index in [1.54, 1.807) is 0 Å². The summed E-state index contributed by atoms with van der Waals surface area (Å²) in [5.74, 6) is -0.465. The lowest BCUT2D eigenvalue weighted by Crippen LogP contribution is -2.66. The van der Waals surface area contributed by atoms with Gasteiger partial charge in [-0.25, -0.2) is 0 Å². The SMILES string of the molecule is CCCC1COC2(CC(C)(C)N([OH2+])C(CC)(CC)C2)O1. The van der Waals surface area contributed by atoms with Crippen molar-refractivity contribution in [3.05, 3.63) is 0 Å². The van der Waals surface area contributed by atoms with Gasteiger partial charge in [-0.3, -0.25) is 0 Å². The van der Waals surface area contributed by atoms with Crippen LogP contribution in [0.4, 0.5) is 0 Å². The average Bonchev–Trinajstić information content (AvgIpc) is 2.77. The molecule has 0 aromatic heterocycles. The predicted molar refractivity (Wildman–Crippen MR) is 80.5 cm³/mol. The first-order valence-electron chi connectivity index (χ1n) is 8.16. The molecule has 2 unspecified atom stereocenters. The van der Waals surface area contributed by atoms with Crippen molar-refractivity contribution in [1.82, 2.24) is 5.06 Å². The van der Waals surface area contributed by atoms with Gasteiger partial charge < -0.3 is 14.7 Å². The Kier molecular flexibility index (Phi) is 4.51. The minimum atomic E-state index is -0.465. The molecular formula is C16H32NO3+. The smallest absolute Gasteiger partial charge is 0.172 e. The fourth-order valence-electron chi connectivity index (χ4n) is 4.11. The van der Waals surface area contributed by atoms with E-state index in [1.165, 1.54) is 0 Å². The van der Waals surface area contributed by atoms with Gasteiger partial charge in [0, 0.05) is 12.8 Å². The first-order valence-corrected chi connectivity index (χ1v) is 8.16. The predicted octanol–water partition coefficient (Wildman–Crippen LogP) is 2.97. The van der Waals surface area contributed by atoms with Crippen molar-refractivity contribution in [3.63, 3.8) is 0 Å². The lowest BCUT2D eigenvalue weighted by molar-refractivity contribution is -0.326. The summed E-state index contributed by atoms with van der Waals surface area (Å²) in [6.07, 6.45) is 5.96. The maximum atomic E-state index is 8.58. The summed E-state index contributed by atoms with van der Waals surface area (Å²) >= 11 is 0. The van der Waals surface area contributed by atoms with E-state index >= 15 is 0 Å². The van der Waals surface area contributed by atoms with Crippen LogP contribution in [0.5, 0.6) is 0 Å². The molecule has 2 aliphatic rings. The molecule has 0 aromatic rings. The van der Waals surface area contributed by atoms with Crippen LogP contribution in [0.2, 0.25) is 0 Å². The maximum absolute atomic E-state index is 8.58. The molecular weight excluding hydrogens is 254 g/mol. The van der Waals surface area contributed by atoms with Gasteiger partial charge in [0.15, 0.2) is 5.79 Å². The molecule has 2 fully saturated rings. The van der Waals surface area contributed by atoms with Crippen molar-refractivity contribution >= 4 is 0 Å². The highest BCUT2D eigenvalue weighted by molar-refractivity contribution is 5.05. The molecule has 2 rings (SSSR count). The van der Waals surface area contributed by atoms with E-state index in [1.807, 2.05) is 5.06 Å². The summed E-state index contributed by atoms with van der Waals surface area (Å²) < 4.78 is 12.5. The van der Waals surface area contributed by atoms with E-state index in [-0.39, 0.29) is 17.2 Å². The standard InChI is InChI=1S/C16H31NO3/c1-6-9-13-10-19-16(20-13)11-14(4,5)17(18)15(7-2,8-3)12-16/h13,18H,6-12H2,1-5H3/p+1. The molecule has 4 nitrogen and oxygen atoms in total. The Hall–Kier alpha value is -0.160. The topological polar surface area (TPSA) is 44.6 Å². The third-order valence-corrected chi connectivity index (χ3v) is 5.22. The summed E-state index contributed by atoms with van der Waals surface area (Å²) in [5, 5.41) is 10.4. The first-order chi connectivity index (χ1) is 9.33. The number of rotatable bonds is 4. The fourth-order valence-corrected chi connectivity index (χ4v) is 4.11. The third kappa shape index (κ3) is 2.63. The van der Waals surface area contributed by atoms with Crippen molar-refractivity contribution in [2.45, 2.75) is 96.1 Å². The molecule has 0 radical (unpaired) electrons. The van der Waals surface area contributed by atoms with Gasteiger partial charge in [0.2, 0.25) is 0 Å².